The number of nitrogens with zero attached hydrogens (tertiary/aromatic N) is 2. The highest BCUT2D eigenvalue weighted by atomic mass is 79.9. The fourth-order valence-corrected chi connectivity index (χ4v) is 3.22. The van der Waals surface area contributed by atoms with Gasteiger partial charge in [-0.05, 0) is 48.9 Å². The lowest BCUT2D eigenvalue weighted by Gasteiger charge is -2.18. The molecule has 0 saturated carbocycles. The third-order valence-electron chi connectivity index (χ3n) is 4.07. The highest BCUT2D eigenvalue weighted by Crippen LogP contribution is 2.20. The number of anilines is 1. The third kappa shape index (κ3) is 3.91. The summed E-state index contributed by atoms with van der Waals surface area (Å²) in [5, 5.41) is 3.62. The van der Waals surface area contributed by atoms with Gasteiger partial charge in [0.15, 0.2) is 0 Å². The maximum Gasteiger partial charge on any atom is 0.254 e. The molecule has 0 unspecified atom stereocenters. The van der Waals surface area contributed by atoms with Crippen LogP contribution in [0.1, 0.15) is 15.9 Å². The SMILES string of the molecule is Cc1cc(Br)ccc1NC(=O)CN(C)C(=O)c1cccc2ncccc12. The standard InChI is InChI=1S/C20H18BrN3O2/c1-13-11-14(21)8-9-17(13)23-19(25)12-24(2)20(26)16-5-3-7-18-15(16)6-4-10-22-18/h3-11H,12H2,1-2H3,(H,23,25). The monoisotopic (exact) mass is 411 g/mol. The molecular weight excluding hydrogens is 394 g/mol. The van der Waals surface area contributed by atoms with Crippen LogP contribution in [0, 0.1) is 6.92 Å². The van der Waals surface area contributed by atoms with Gasteiger partial charge in [0.2, 0.25) is 5.91 Å². The number of carbonyl (C=O) groups excluding carboxylic acids is 2. The van der Waals surface area contributed by atoms with Crippen molar-refractivity contribution >= 4 is 44.3 Å². The minimum atomic E-state index is -0.246. The number of halogens is 1. The van der Waals surface area contributed by atoms with Crippen LogP contribution in [-0.4, -0.2) is 35.3 Å². The number of hydrogen-bond acceptors (Lipinski definition) is 3. The molecule has 1 N–H and O–H groups in total. The van der Waals surface area contributed by atoms with Gasteiger partial charge < -0.3 is 10.2 Å². The zero-order chi connectivity index (χ0) is 18.7. The van der Waals surface area contributed by atoms with E-state index in [0.29, 0.717) is 5.56 Å². The Hall–Kier alpha value is -2.73. The Morgan fingerprint density at radius 3 is 2.73 bits per heavy atom. The van der Waals surface area contributed by atoms with Crippen molar-refractivity contribution in [2.45, 2.75) is 6.92 Å². The van der Waals surface area contributed by atoms with E-state index in [1.54, 1.807) is 31.4 Å². The Kier molecular flexibility index (Phi) is 5.32. The van der Waals surface area contributed by atoms with E-state index in [9.17, 15) is 9.59 Å². The number of amides is 2. The minimum Gasteiger partial charge on any atom is -0.332 e. The Morgan fingerprint density at radius 1 is 1.15 bits per heavy atom. The molecule has 0 saturated heterocycles. The van der Waals surface area contributed by atoms with Crippen LogP contribution in [0.2, 0.25) is 0 Å². The van der Waals surface area contributed by atoms with Gasteiger partial charge in [-0.2, -0.15) is 0 Å². The van der Waals surface area contributed by atoms with E-state index in [0.717, 1.165) is 26.6 Å². The topological polar surface area (TPSA) is 62.3 Å². The Morgan fingerprint density at radius 2 is 1.96 bits per heavy atom. The van der Waals surface area contributed by atoms with Gasteiger partial charge in [-0.1, -0.05) is 28.1 Å². The fourth-order valence-electron chi connectivity index (χ4n) is 2.74. The van der Waals surface area contributed by atoms with Crippen molar-refractivity contribution in [1.82, 2.24) is 9.88 Å². The molecule has 132 valence electrons. The zero-order valence-corrected chi connectivity index (χ0v) is 16.1. The van der Waals surface area contributed by atoms with Gasteiger partial charge in [0.25, 0.3) is 5.91 Å². The normalized spacial score (nSPS) is 10.6. The summed E-state index contributed by atoms with van der Waals surface area (Å²) in [5.41, 5.74) is 2.96. The summed E-state index contributed by atoms with van der Waals surface area (Å²) in [6, 6.07) is 14.7. The molecule has 3 rings (SSSR count). The van der Waals surface area contributed by atoms with E-state index in [-0.39, 0.29) is 18.4 Å². The predicted molar refractivity (Wildman–Crippen MR) is 106 cm³/mol. The van der Waals surface area contributed by atoms with E-state index < -0.39 is 0 Å². The average Bonchev–Trinajstić information content (AvgIpc) is 2.63. The Balaban J connectivity index is 1.73. The molecule has 0 aliphatic heterocycles. The summed E-state index contributed by atoms with van der Waals surface area (Å²) >= 11 is 3.40. The van der Waals surface area contributed by atoms with Crippen molar-refractivity contribution in [1.29, 1.82) is 0 Å². The number of rotatable bonds is 4. The summed E-state index contributed by atoms with van der Waals surface area (Å²) in [7, 11) is 1.62. The van der Waals surface area contributed by atoms with E-state index in [2.05, 4.69) is 26.2 Å². The third-order valence-corrected chi connectivity index (χ3v) is 4.56. The number of benzene rings is 2. The first kappa shape index (κ1) is 18.1. The van der Waals surface area contributed by atoms with E-state index in [4.69, 9.17) is 0 Å². The van der Waals surface area contributed by atoms with Crippen LogP contribution in [0.4, 0.5) is 5.69 Å². The summed E-state index contributed by atoms with van der Waals surface area (Å²) in [4.78, 5) is 30.8. The number of likely N-dealkylation sites (N-methyl/N-ethyl adjacent to an activating group) is 1. The number of fused-ring (bicyclic) bond motifs is 1. The van der Waals surface area contributed by atoms with Crippen LogP contribution in [-0.2, 0) is 4.79 Å². The van der Waals surface area contributed by atoms with Gasteiger partial charge in [-0.3, -0.25) is 14.6 Å². The second-order valence-corrected chi connectivity index (χ2v) is 6.96. The molecule has 26 heavy (non-hydrogen) atoms. The number of pyridine rings is 1. The first-order valence-corrected chi connectivity index (χ1v) is 8.90. The van der Waals surface area contributed by atoms with Crippen molar-refractivity contribution in [3.63, 3.8) is 0 Å². The summed E-state index contributed by atoms with van der Waals surface area (Å²) in [6.45, 7) is 1.88. The summed E-state index contributed by atoms with van der Waals surface area (Å²) < 4.78 is 0.949. The molecular formula is C20H18BrN3O2. The first-order valence-electron chi connectivity index (χ1n) is 8.11. The molecule has 0 radical (unpaired) electrons. The molecule has 1 heterocycles. The highest BCUT2D eigenvalue weighted by Gasteiger charge is 2.17. The van der Waals surface area contributed by atoms with Gasteiger partial charge >= 0.3 is 0 Å². The maximum atomic E-state index is 12.8. The van der Waals surface area contributed by atoms with Gasteiger partial charge in [-0.25, -0.2) is 0 Å². The molecule has 3 aromatic rings. The second-order valence-electron chi connectivity index (χ2n) is 6.04. The van der Waals surface area contributed by atoms with Crippen LogP contribution in [0.5, 0.6) is 0 Å². The molecule has 0 atom stereocenters. The van der Waals surface area contributed by atoms with Gasteiger partial charge in [0, 0.05) is 34.4 Å². The van der Waals surface area contributed by atoms with Gasteiger partial charge in [-0.15, -0.1) is 0 Å². The van der Waals surface area contributed by atoms with E-state index in [1.807, 2.05) is 37.3 Å². The van der Waals surface area contributed by atoms with Crippen LogP contribution < -0.4 is 5.32 Å². The average molecular weight is 412 g/mol. The number of nitrogens with one attached hydrogen (secondary N) is 1. The molecule has 2 amide bonds. The largest absolute Gasteiger partial charge is 0.332 e. The lowest BCUT2D eigenvalue weighted by molar-refractivity contribution is -0.116. The van der Waals surface area contributed by atoms with Crippen LogP contribution in [0.25, 0.3) is 10.9 Å². The van der Waals surface area contributed by atoms with Crippen molar-refractivity contribution in [3.8, 4) is 0 Å². The van der Waals surface area contributed by atoms with Crippen LogP contribution in [0.15, 0.2) is 59.2 Å². The Bertz CT molecular complexity index is 982. The molecule has 0 aliphatic carbocycles. The van der Waals surface area contributed by atoms with Crippen molar-refractivity contribution < 1.29 is 9.59 Å². The van der Waals surface area contributed by atoms with Crippen LogP contribution in [0.3, 0.4) is 0 Å². The van der Waals surface area contributed by atoms with Crippen molar-refractivity contribution in [2.75, 3.05) is 18.9 Å². The number of aromatic nitrogens is 1. The second kappa shape index (κ2) is 7.66. The molecule has 6 heteroatoms. The Labute approximate surface area is 160 Å². The van der Waals surface area contributed by atoms with Gasteiger partial charge in [0.05, 0.1) is 12.1 Å². The fraction of sp³-hybridized carbons (Fsp3) is 0.150. The van der Waals surface area contributed by atoms with Gasteiger partial charge in [0.1, 0.15) is 0 Å². The number of carbonyl (C=O) groups is 2. The van der Waals surface area contributed by atoms with E-state index >= 15 is 0 Å². The zero-order valence-electron chi connectivity index (χ0n) is 14.5. The smallest absolute Gasteiger partial charge is 0.254 e. The first-order chi connectivity index (χ1) is 12.5. The van der Waals surface area contributed by atoms with Crippen molar-refractivity contribution in [2.24, 2.45) is 0 Å². The molecule has 0 spiro atoms. The predicted octanol–water partition coefficient (Wildman–Crippen LogP) is 4.02. The lowest BCUT2D eigenvalue weighted by atomic mass is 10.1. The van der Waals surface area contributed by atoms with Crippen molar-refractivity contribution in [3.05, 3.63) is 70.3 Å². The molecule has 2 aromatic carbocycles. The number of hydrogen-bond donors (Lipinski definition) is 1. The van der Waals surface area contributed by atoms with Crippen LogP contribution >= 0.6 is 15.9 Å². The molecule has 0 aliphatic rings. The molecule has 5 nitrogen and oxygen atoms in total. The van der Waals surface area contributed by atoms with E-state index in [1.165, 1.54) is 4.90 Å². The quantitative estimate of drug-likeness (QED) is 0.704. The molecule has 1 aromatic heterocycles. The lowest BCUT2D eigenvalue weighted by Crippen LogP contribution is -2.35. The maximum absolute atomic E-state index is 12.8. The molecule has 0 bridgehead atoms. The summed E-state index contributed by atoms with van der Waals surface area (Å²) in [6.07, 6.45) is 1.69. The minimum absolute atomic E-state index is 0.0367. The highest BCUT2D eigenvalue weighted by molar-refractivity contribution is 9.10. The number of aryl methyl sites for hydroxylation is 1. The molecule has 0 fully saturated rings. The summed E-state index contributed by atoms with van der Waals surface area (Å²) in [5.74, 6) is -0.462.